The quantitative estimate of drug-likeness (QED) is 0.0555. The van der Waals surface area contributed by atoms with Crippen LogP contribution >= 0.6 is 0 Å². The molecule has 7 rings (SSSR count). The second-order valence-corrected chi connectivity index (χ2v) is 41.3. The number of benzene rings is 3. The van der Waals surface area contributed by atoms with Crippen LogP contribution in [0.25, 0.3) is 0 Å². The third-order valence-electron chi connectivity index (χ3n) is 18.8. The van der Waals surface area contributed by atoms with E-state index in [-0.39, 0.29) is 82.1 Å². The van der Waals surface area contributed by atoms with Crippen LogP contribution in [-0.4, -0.2) is 106 Å². The summed E-state index contributed by atoms with van der Waals surface area (Å²) in [6, 6.07) is 30.0. The van der Waals surface area contributed by atoms with Gasteiger partial charge in [0.05, 0.1) is 74.8 Å². The van der Waals surface area contributed by atoms with E-state index in [2.05, 4.69) is 188 Å². The monoisotopic (exact) mass is 1110 g/mol. The summed E-state index contributed by atoms with van der Waals surface area (Å²) in [4.78, 5) is 0. The molecule has 77 heavy (non-hydrogen) atoms. The third kappa shape index (κ3) is 14.9. The number of ether oxygens (including phenoxy) is 6. The predicted octanol–water partition coefficient (Wildman–Crippen LogP) is 14.5. The number of fused-ring (bicyclic) bond motifs is 1. The number of rotatable bonds is 22. The van der Waals surface area contributed by atoms with Crippen molar-refractivity contribution >= 4 is 35.3 Å². The summed E-state index contributed by atoms with van der Waals surface area (Å²) in [5.74, 6) is 1.17. The Balaban J connectivity index is 1.01. The molecule has 0 aromatic heterocycles. The first-order valence-electron chi connectivity index (χ1n) is 29.4. The van der Waals surface area contributed by atoms with Crippen molar-refractivity contribution in [1.82, 2.24) is 0 Å². The SMILES string of the molecule is C=C1C[C@H](CCCO[Si](c2ccccc2)(c2ccccc2)C(C)(C)C)O[C@H]1CC[C@H]1C[C@@H](C)C(=C)[C@@H](C[C@@H]2O[C@H]3C[C@@H](O[Si](C)(C)C(C)(C)C)[C@@H](CCO[Si](C)(C)C(C)(C)C)O[C@H]3[C@H](C)[C@H]2OCc2ccc(OC)cc2)O1. The molecule has 0 radical (unpaired) electrons. The van der Waals surface area contributed by atoms with Crippen LogP contribution in [0.1, 0.15) is 140 Å². The van der Waals surface area contributed by atoms with Crippen LogP contribution in [0, 0.1) is 11.8 Å². The maximum Gasteiger partial charge on any atom is 0.261 e. The zero-order valence-electron chi connectivity index (χ0n) is 50.6. The Bertz CT molecular complexity index is 2300. The topological polar surface area (TPSA) is 83.1 Å². The van der Waals surface area contributed by atoms with Gasteiger partial charge in [0.15, 0.2) is 16.6 Å². The second-order valence-electron chi connectivity index (χ2n) is 27.4. The molecule has 3 aromatic carbocycles. The van der Waals surface area contributed by atoms with Crippen molar-refractivity contribution < 1.29 is 41.7 Å². The van der Waals surface area contributed by atoms with E-state index in [0.717, 1.165) is 68.3 Å². The first-order valence-corrected chi connectivity index (χ1v) is 37.2. The second kappa shape index (κ2) is 25.6. The Kier molecular flexibility index (Phi) is 20.6. The number of hydrogen-bond donors (Lipinski definition) is 0. The molecule has 0 amide bonds. The van der Waals surface area contributed by atoms with E-state index in [1.165, 1.54) is 15.9 Å². The average molecular weight is 1110 g/mol. The molecule has 0 aliphatic carbocycles. The summed E-state index contributed by atoms with van der Waals surface area (Å²) >= 11 is 0. The van der Waals surface area contributed by atoms with Crippen molar-refractivity contribution in [2.24, 2.45) is 11.8 Å². The van der Waals surface area contributed by atoms with Crippen LogP contribution in [0.4, 0.5) is 0 Å². The Hall–Kier alpha value is -2.73. The molecule has 0 N–H and O–H groups in total. The summed E-state index contributed by atoms with van der Waals surface area (Å²) < 4.78 is 62.5. The largest absolute Gasteiger partial charge is 0.497 e. The first-order chi connectivity index (χ1) is 36.1. The van der Waals surface area contributed by atoms with Crippen molar-refractivity contribution in [2.45, 2.75) is 243 Å². The van der Waals surface area contributed by atoms with Gasteiger partial charge in [-0.3, -0.25) is 0 Å². The fourth-order valence-corrected chi connectivity index (χ4v) is 19.0. The van der Waals surface area contributed by atoms with Crippen molar-refractivity contribution in [3.63, 3.8) is 0 Å². The Labute approximate surface area is 470 Å². The van der Waals surface area contributed by atoms with Gasteiger partial charge in [-0.1, -0.05) is 162 Å². The fraction of sp³-hybridized carbons (Fsp3) is 0.662. The van der Waals surface area contributed by atoms with Gasteiger partial charge in [0.2, 0.25) is 0 Å². The Morgan fingerprint density at radius 1 is 0.610 bits per heavy atom. The molecule has 4 aliphatic rings. The summed E-state index contributed by atoms with van der Waals surface area (Å²) in [7, 11) is -5.04. The van der Waals surface area contributed by atoms with E-state index >= 15 is 0 Å². The summed E-state index contributed by atoms with van der Waals surface area (Å²) in [6.45, 7) is 45.9. The highest BCUT2D eigenvalue weighted by Crippen LogP contribution is 2.46. The molecule has 12 heteroatoms. The van der Waals surface area contributed by atoms with Gasteiger partial charge >= 0.3 is 0 Å². The molecule has 12 atom stereocenters. The van der Waals surface area contributed by atoms with E-state index in [9.17, 15) is 0 Å². The zero-order valence-corrected chi connectivity index (χ0v) is 53.6. The minimum atomic E-state index is -2.60. The minimum absolute atomic E-state index is 0.0190. The van der Waals surface area contributed by atoms with E-state index in [4.69, 9.17) is 41.7 Å². The van der Waals surface area contributed by atoms with Gasteiger partial charge in [-0.2, -0.15) is 0 Å². The highest BCUT2D eigenvalue weighted by Gasteiger charge is 2.54. The van der Waals surface area contributed by atoms with Crippen LogP contribution in [0.15, 0.2) is 109 Å². The van der Waals surface area contributed by atoms with Crippen LogP contribution in [0.2, 0.25) is 41.3 Å². The molecule has 4 aliphatic heterocycles. The van der Waals surface area contributed by atoms with Gasteiger partial charge in [0, 0.05) is 32.0 Å². The third-order valence-corrected chi connectivity index (χ3v) is 32.9. The fourth-order valence-electron chi connectivity index (χ4n) is 12.0. The standard InChI is InChI=1S/C65H102O9Si3/c1-45-40-52(35-36-55-46(2)41-51(70-55)26-25-38-69-77(65(11,12)13,53-27-21-19-22-28-53)54-29-23-20-24-30-54)71-57(47(45)3)42-59-61(67-44-49-31-33-50(66-14)34-32-49)48(4)62-60(72-59)43-58(74-76(17,18)64(8,9)10)56(73-62)37-39-68-75(15,16)63(5,6)7/h19-24,27-34,45,48,51-52,55-62H,2-3,25-26,35-44H2,1,4-18H3/t45-,48-,51+,52+,55+,56-,57-,58-,59+,60+,61-,62+/m1/s1. The van der Waals surface area contributed by atoms with Gasteiger partial charge in [-0.25, -0.2) is 0 Å². The van der Waals surface area contributed by atoms with Gasteiger partial charge < -0.3 is 41.7 Å². The van der Waals surface area contributed by atoms with Crippen LogP contribution in [0.5, 0.6) is 5.75 Å². The Morgan fingerprint density at radius 3 is 1.81 bits per heavy atom. The molecule has 0 unspecified atom stereocenters. The molecule has 4 fully saturated rings. The normalized spacial score (nSPS) is 28.9. The summed E-state index contributed by atoms with van der Waals surface area (Å²) in [6.07, 6.45) is 6.68. The molecular weight excluding hydrogens is 1010 g/mol. The lowest BCUT2D eigenvalue weighted by Gasteiger charge is -2.53. The van der Waals surface area contributed by atoms with Gasteiger partial charge in [-0.05, 0) is 131 Å². The van der Waals surface area contributed by atoms with E-state index in [1.54, 1.807) is 7.11 Å². The molecule has 0 bridgehead atoms. The molecule has 0 spiro atoms. The van der Waals surface area contributed by atoms with Gasteiger partial charge in [-0.15, -0.1) is 0 Å². The van der Waals surface area contributed by atoms with Gasteiger partial charge in [0.1, 0.15) is 5.75 Å². The van der Waals surface area contributed by atoms with Crippen molar-refractivity contribution in [1.29, 1.82) is 0 Å². The maximum absolute atomic E-state index is 7.37. The maximum atomic E-state index is 7.37. The smallest absolute Gasteiger partial charge is 0.261 e. The highest BCUT2D eigenvalue weighted by molar-refractivity contribution is 6.99. The van der Waals surface area contributed by atoms with Crippen LogP contribution in [-0.2, 0) is 43.6 Å². The molecule has 428 valence electrons. The molecule has 3 aromatic rings. The molecule has 9 nitrogen and oxygen atoms in total. The number of hydrogen-bond acceptors (Lipinski definition) is 9. The molecule has 4 heterocycles. The predicted molar refractivity (Wildman–Crippen MR) is 323 cm³/mol. The lowest BCUT2D eigenvalue weighted by Crippen LogP contribution is -2.66. The van der Waals surface area contributed by atoms with Crippen LogP contribution < -0.4 is 15.1 Å². The first kappa shape index (κ1) is 61.9. The van der Waals surface area contributed by atoms with E-state index < -0.39 is 25.0 Å². The zero-order chi connectivity index (χ0) is 56.1. The van der Waals surface area contributed by atoms with Crippen molar-refractivity contribution in [3.8, 4) is 5.75 Å². The highest BCUT2D eigenvalue weighted by atomic mass is 28.4. The number of methoxy groups -OCH3 is 1. The van der Waals surface area contributed by atoms with Crippen molar-refractivity contribution in [2.75, 3.05) is 20.3 Å². The van der Waals surface area contributed by atoms with Crippen LogP contribution in [0.3, 0.4) is 0 Å². The van der Waals surface area contributed by atoms with E-state index in [1.807, 2.05) is 12.1 Å². The summed E-state index contributed by atoms with van der Waals surface area (Å²) in [5.41, 5.74) is 3.41. The molecular formula is C65H102O9Si3. The summed E-state index contributed by atoms with van der Waals surface area (Å²) in [5, 5.41) is 2.74. The molecule has 4 saturated heterocycles. The average Bonchev–Trinajstić information content (AvgIpc) is 3.75. The lowest BCUT2D eigenvalue weighted by atomic mass is 9.79. The van der Waals surface area contributed by atoms with Crippen molar-refractivity contribution in [3.05, 3.63) is 115 Å². The van der Waals surface area contributed by atoms with Gasteiger partial charge in [0.25, 0.3) is 8.32 Å². The molecule has 0 saturated carbocycles. The Morgan fingerprint density at radius 2 is 1.22 bits per heavy atom. The lowest BCUT2D eigenvalue weighted by molar-refractivity contribution is -0.276. The van der Waals surface area contributed by atoms with E-state index in [0.29, 0.717) is 32.2 Å². The minimum Gasteiger partial charge on any atom is -0.497 e.